The Labute approximate surface area is 149 Å². The number of hydrogen-bond donors (Lipinski definition) is 1. The number of aliphatic hydroxyl groups is 1. The van der Waals surface area contributed by atoms with Gasteiger partial charge in [0.05, 0.1) is 17.6 Å². The summed E-state index contributed by atoms with van der Waals surface area (Å²) in [4.78, 5) is 20.6. The van der Waals surface area contributed by atoms with Gasteiger partial charge in [-0.25, -0.2) is 4.98 Å². The highest BCUT2D eigenvalue weighted by atomic mass is 16.5. The van der Waals surface area contributed by atoms with Gasteiger partial charge in [0.1, 0.15) is 6.61 Å². The zero-order valence-electron chi connectivity index (χ0n) is 15.5. The molecule has 7 nitrogen and oxygen atoms in total. The maximum Gasteiger partial charge on any atom is 0.248 e. The van der Waals surface area contributed by atoms with Crippen molar-refractivity contribution in [1.29, 1.82) is 0 Å². The monoisotopic (exact) mass is 350 g/mol. The van der Waals surface area contributed by atoms with Crippen LogP contribution < -0.4 is 0 Å². The van der Waals surface area contributed by atoms with Crippen molar-refractivity contribution in [2.75, 3.05) is 39.9 Å². The first-order valence-corrected chi connectivity index (χ1v) is 9.15. The van der Waals surface area contributed by atoms with Gasteiger partial charge in [-0.3, -0.25) is 9.69 Å². The van der Waals surface area contributed by atoms with Crippen LogP contribution >= 0.6 is 0 Å². The second-order valence-corrected chi connectivity index (χ2v) is 7.69. The van der Waals surface area contributed by atoms with E-state index < -0.39 is 5.60 Å². The van der Waals surface area contributed by atoms with E-state index in [0.717, 1.165) is 26.1 Å². The van der Waals surface area contributed by atoms with Crippen LogP contribution in [-0.4, -0.2) is 75.9 Å². The van der Waals surface area contributed by atoms with Crippen molar-refractivity contribution in [3.63, 3.8) is 0 Å². The molecule has 1 aromatic rings. The number of piperidine rings is 2. The summed E-state index contributed by atoms with van der Waals surface area (Å²) in [5, 5.41) is 11.0. The van der Waals surface area contributed by atoms with Crippen molar-refractivity contribution in [3.05, 3.63) is 18.2 Å². The van der Waals surface area contributed by atoms with E-state index in [2.05, 4.69) is 28.3 Å². The summed E-state index contributed by atoms with van der Waals surface area (Å²) in [6.07, 6.45) is 5.23. The van der Waals surface area contributed by atoms with Crippen molar-refractivity contribution in [2.45, 2.75) is 44.9 Å². The van der Waals surface area contributed by atoms with Gasteiger partial charge in [0.25, 0.3) is 0 Å². The Morgan fingerprint density at radius 1 is 1.40 bits per heavy atom. The fourth-order valence-corrected chi connectivity index (χ4v) is 4.10. The number of carbonyl (C=O) groups is 1. The molecule has 2 saturated heterocycles. The van der Waals surface area contributed by atoms with Gasteiger partial charge < -0.3 is 19.3 Å². The standard InChI is InChI=1S/C18H30N4O3/c1-14(2)22-13-19-8-16(22)11-20-6-4-18(24)5-7-21(10-15(18)9-20)17(23)12-25-3/h8,13-15,24H,4-7,9-12H2,1-3H3/t15-,18-/m1/s1. The van der Waals surface area contributed by atoms with Crippen molar-refractivity contribution in [2.24, 2.45) is 5.92 Å². The van der Waals surface area contributed by atoms with Crippen LogP contribution in [0.15, 0.2) is 12.5 Å². The van der Waals surface area contributed by atoms with Crippen molar-refractivity contribution < 1.29 is 14.6 Å². The Balaban J connectivity index is 1.65. The van der Waals surface area contributed by atoms with Gasteiger partial charge >= 0.3 is 0 Å². The third kappa shape index (κ3) is 3.88. The average Bonchev–Trinajstić information content (AvgIpc) is 3.03. The summed E-state index contributed by atoms with van der Waals surface area (Å²) in [5.41, 5.74) is 0.558. The average molecular weight is 350 g/mol. The van der Waals surface area contributed by atoms with Gasteiger partial charge in [-0.1, -0.05) is 0 Å². The first kappa shape index (κ1) is 18.4. The highest BCUT2D eigenvalue weighted by molar-refractivity contribution is 5.77. The summed E-state index contributed by atoms with van der Waals surface area (Å²) in [7, 11) is 1.54. The van der Waals surface area contributed by atoms with E-state index in [9.17, 15) is 9.90 Å². The minimum Gasteiger partial charge on any atom is -0.389 e. The molecule has 3 rings (SSSR count). The van der Waals surface area contributed by atoms with E-state index in [1.165, 1.54) is 5.69 Å². The molecule has 0 aliphatic carbocycles. The number of carbonyl (C=O) groups excluding carboxylic acids is 1. The maximum absolute atomic E-state index is 12.1. The molecule has 1 aromatic heterocycles. The lowest BCUT2D eigenvalue weighted by Gasteiger charge is -2.50. The summed E-state index contributed by atoms with van der Waals surface area (Å²) in [5.74, 6) is 0.103. The highest BCUT2D eigenvalue weighted by Crippen LogP contribution is 2.36. The molecule has 0 radical (unpaired) electrons. The molecule has 2 aliphatic heterocycles. The minimum absolute atomic E-state index is 0.0135. The van der Waals surface area contributed by atoms with Crippen LogP contribution in [0.1, 0.15) is 38.4 Å². The number of imidazole rings is 1. The first-order chi connectivity index (χ1) is 11.9. The fraction of sp³-hybridized carbons (Fsp3) is 0.778. The normalized spacial score (nSPS) is 27.6. The van der Waals surface area contributed by atoms with Crippen LogP contribution in [0.4, 0.5) is 0 Å². The van der Waals surface area contributed by atoms with Crippen LogP contribution in [0.5, 0.6) is 0 Å². The Kier molecular flexibility index (Phi) is 5.46. The molecule has 25 heavy (non-hydrogen) atoms. The lowest BCUT2D eigenvalue weighted by molar-refractivity contribution is -0.150. The maximum atomic E-state index is 12.1. The molecule has 2 aliphatic rings. The van der Waals surface area contributed by atoms with Crippen LogP contribution in [0, 0.1) is 5.92 Å². The van der Waals surface area contributed by atoms with Gasteiger partial charge in [0, 0.05) is 58.0 Å². The number of hydrogen-bond acceptors (Lipinski definition) is 5. The molecule has 2 atom stereocenters. The molecule has 0 bridgehead atoms. The van der Waals surface area contributed by atoms with Crippen molar-refractivity contribution >= 4 is 5.91 Å². The second kappa shape index (κ2) is 7.43. The molecular formula is C18H30N4O3. The van der Waals surface area contributed by atoms with Gasteiger partial charge in [0.2, 0.25) is 5.91 Å². The first-order valence-electron chi connectivity index (χ1n) is 9.15. The Hall–Kier alpha value is -1.44. The van der Waals surface area contributed by atoms with E-state index in [-0.39, 0.29) is 18.4 Å². The quantitative estimate of drug-likeness (QED) is 0.854. The number of fused-ring (bicyclic) bond motifs is 1. The minimum atomic E-state index is -0.640. The lowest BCUT2D eigenvalue weighted by atomic mass is 9.75. The number of amides is 1. The summed E-state index contributed by atoms with van der Waals surface area (Å²) in [6.45, 7) is 8.16. The van der Waals surface area contributed by atoms with Crippen LogP contribution in [0.25, 0.3) is 0 Å². The van der Waals surface area contributed by atoms with Crippen LogP contribution in [0.2, 0.25) is 0 Å². The van der Waals surface area contributed by atoms with Crippen molar-refractivity contribution in [3.8, 4) is 0 Å². The molecule has 1 N–H and O–H groups in total. The van der Waals surface area contributed by atoms with Gasteiger partial charge in [-0.2, -0.15) is 0 Å². The Bertz CT molecular complexity index is 603. The van der Waals surface area contributed by atoms with E-state index in [1.807, 2.05) is 17.4 Å². The Morgan fingerprint density at radius 2 is 2.16 bits per heavy atom. The molecule has 0 spiro atoms. The largest absolute Gasteiger partial charge is 0.389 e. The number of ether oxygens (including phenoxy) is 1. The summed E-state index contributed by atoms with van der Waals surface area (Å²) < 4.78 is 7.16. The molecule has 1 amide bonds. The van der Waals surface area contributed by atoms with E-state index in [1.54, 1.807) is 7.11 Å². The highest BCUT2D eigenvalue weighted by Gasteiger charge is 2.45. The van der Waals surface area contributed by atoms with Gasteiger partial charge in [0.15, 0.2) is 0 Å². The topological polar surface area (TPSA) is 70.8 Å². The molecule has 2 fully saturated rings. The second-order valence-electron chi connectivity index (χ2n) is 7.69. The predicted octanol–water partition coefficient (Wildman–Crippen LogP) is 0.896. The third-order valence-electron chi connectivity index (χ3n) is 5.66. The number of likely N-dealkylation sites (tertiary alicyclic amines) is 2. The number of rotatable bonds is 5. The molecule has 0 aromatic carbocycles. The smallest absolute Gasteiger partial charge is 0.248 e. The summed E-state index contributed by atoms with van der Waals surface area (Å²) in [6, 6.07) is 0.385. The number of methoxy groups -OCH3 is 1. The van der Waals surface area contributed by atoms with Crippen LogP contribution in [-0.2, 0) is 16.1 Å². The number of aromatic nitrogens is 2. The third-order valence-corrected chi connectivity index (χ3v) is 5.66. The van der Waals surface area contributed by atoms with E-state index >= 15 is 0 Å². The van der Waals surface area contributed by atoms with E-state index in [4.69, 9.17) is 4.74 Å². The SMILES string of the molecule is COCC(=O)N1CC[C@]2(O)CCN(Cc3cncn3C(C)C)C[C@@H]2C1. The number of nitrogens with zero attached hydrogens (tertiary/aromatic N) is 4. The lowest BCUT2D eigenvalue weighted by Crippen LogP contribution is -2.60. The molecular weight excluding hydrogens is 320 g/mol. The van der Waals surface area contributed by atoms with Crippen molar-refractivity contribution in [1.82, 2.24) is 19.4 Å². The molecule has 3 heterocycles. The van der Waals surface area contributed by atoms with Crippen LogP contribution in [0.3, 0.4) is 0 Å². The van der Waals surface area contributed by atoms with Gasteiger partial charge in [-0.15, -0.1) is 0 Å². The molecule has 7 heteroatoms. The Morgan fingerprint density at radius 3 is 2.88 bits per heavy atom. The van der Waals surface area contributed by atoms with E-state index in [0.29, 0.717) is 25.6 Å². The molecule has 140 valence electrons. The zero-order chi connectivity index (χ0) is 18.0. The molecule has 0 saturated carbocycles. The predicted molar refractivity (Wildman–Crippen MR) is 94.0 cm³/mol. The molecule has 0 unspecified atom stereocenters. The zero-order valence-corrected chi connectivity index (χ0v) is 15.5. The van der Waals surface area contributed by atoms with Gasteiger partial charge in [-0.05, 0) is 26.7 Å². The fourth-order valence-electron chi connectivity index (χ4n) is 4.10. The summed E-state index contributed by atoms with van der Waals surface area (Å²) >= 11 is 0.